The van der Waals surface area contributed by atoms with E-state index in [9.17, 15) is 4.39 Å². The second kappa shape index (κ2) is 7.64. The molecule has 0 aliphatic heterocycles. The summed E-state index contributed by atoms with van der Waals surface area (Å²) in [6.45, 7) is 3.65. The van der Waals surface area contributed by atoms with Crippen molar-refractivity contribution in [2.45, 2.75) is 20.0 Å². The Balaban J connectivity index is 1.95. The minimum atomic E-state index is -0.233. The predicted octanol–water partition coefficient (Wildman–Crippen LogP) is 4.82. The lowest BCUT2D eigenvalue weighted by atomic mass is 10.2. The number of ether oxygens (including phenoxy) is 1. The molecule has 0 atom stereocenters. The Morgan fingerprint density at radius 3 is 2.14 bits per heavy atom. The molecule has 21 heavy (non-hydrogen) atoms. The Labute approximate surface area is 133 Å². The lowest BCUT2D eigenvalue weighted by molar-refractivity contribution is 0.340. The van der Waals surface area contributed by atoms with Crippen LogP contribution >= 0.6 is 23.2 Å². The van der Waals surface area contributed by atoms with E-state index < -0.39 is 0 Å². The van der Waals surface area contributed by atoms with Crippen LogP contribution in [-0.2, 0) is 13.1 Å². The zero-order valence-electron chi connectivity index (χ0n) is 11.6. The topological polar surface area (TPSA) is 21.3 Å². The number of rotatable bonds is 6. The van der Waals surface area contributed by atoms with Crippen LogP contribution < -0.4 is 10.1 Å². The minimum absolute atomic E-state index is 0.233. The number of hydrogen-bond donors (Lipinski definition) is 1. The van der Waals surface area contributed by atoms with E-state index in [4.69, 9.17) is 27.9 Å². The quantitative estimate of drug-likeness (QED) is 0.821. The molecule has 0 saturated carbocycles. The summed E-state index contributed by atoms with van der Waals surface area (Å²) in [6, 6.07) is 10.1. The van der Waals surface area contributed by atoms with E-state index in [0.717, 1.165) is 11.1 Å². The van der Waals surface area contributed by atoms with Gasteiger partial charge in [-0.3, -0.25) is 0 Å². The summed E-state index contributed by atoms with van der Waals surface area (Å²) in [5.74, 6) is 0.284. The Morgan fingerprint density at radius 2 is 1.57 bits per heavy atom. The molecule has 0 aliphatic carbocycles. The van der Waals surface area contributed by atoms with Gasteiger partial charge in [-0.15, -0.1) is 0 Å². The van der Waals surface area contributed by atoms with Gasteiger partial charge in [-0.1, -0.05) is 35.3 Å². The molecule has 0 spiro atoms. The summed E-state index contributed by atoms with van der Waals surface area (Å²) in [4.78, 5) is 0. The maximum absolute atomic E-state index is 12.8. The SMILES string of the molecule is CCOc1c(Cl)cc(CNCc2ccc(F)cc2)cc1Cl. The highest BCUT2D eigenvalue weighted by molar-refractivity contribution is 6.37. The van der Waals surface area contributed by atoms with Crippen LogP contribution in [0.3, 0.4) is 0 Å². The lowest BCUT2D eigenvalue weighted by Crippen LogP contribution is -2.12. The fourth-order valence-corrected chi connectivity index (χ4v) is 2.59. The Kier molecular flexibility index (Phi) is 5.85. The highest BCUT2D eigenvalue weighted by Gasteiger charge is 2.09. The van der Waals surface area contributed by atoms with Gasteiger partial charge in [0.2, 0.25) is 0 Å². The molecular formula is C16H16Cl2FNO. The number of benzene rings is 2. The lowest BCUT2D eigenvalue weighted by Gasteiger charge is -2.11. The number of nitrogens with one attached hydrogen (secondary N) is 1. The highest BCUT2D eigenvalue weighted by Crippen LogP contribution is 2.34. The van der Waals surface area contributed by atoms with Gasteiger partial charge >= 0.3 is 0 Å². The van der Waals surface area contributed by atoms with Gasteiger partial charge in [0.25, 0.3) is 0 Å². The average Bonchev–Trinajstić information content (AvgIpc) is 2.45. The molecule has 0 saturated heterocycles. The van der Waals surface area contributed by atoms with Crippen LogP contribution in [-0.4, -0.2) is 6.61 Å². The summed E-state index contributed by atoms with van der Waals surface area (Å²) in [5, 5.41) is 4.27. The molecular weight excluding hydrogens is 312 g/mol. The van der Waals surface area contributed by atoms with E-state index in [-0.39, 0.29) is 5.82 Å². The van der Waals surface area contributed by atoms with Crippen molar-refractivity contribution >= 4 is 23.2 Å². The van der Waals surface area contributed by atoms with Crippen molar-refractivity contribution in [2.24, 2.45) is 0 Å². The molecule has 0 amide bonds. The smallest absolute Gasteiger partial charge is 0.156 e. The van der Waals surface area contributed by atoms with Crippen LogP contribution in [0.2, 0.25) is 10.0 Å². The van der Waals surface area contributed by atoms with Crippen LogP contribution in [0.4, 0.5) is 4.39 Å². The Morgan fingerprint density at radius 1 is 1.00 bits per heavy atom. The van der Waals surface area contributed by atoms with Crippen LogP contribution in [0.15, 0.2) is 36.4 Å². The van der Waals surface area contributed by atoms with Crippen molar-refractivity contribution in [2.75, 3.05) is 6.61 Å². The summed E-state index contributed by atoms with van der Waals surface area (Å²) < 4.78 is 18.2. The molecule has 2 nitrogen and oxygen atoms in total. The van der Waals surface area contributed by atoms with E-state index >= 15 is 0 Å². The number of halogens is 3. The third-order valence-electron chi connectivity index (χ3n) is 2.92. The van der Waals surface area contributed by atoms with Gasteiger partial charge in [-0.2, -0.15) is 0 Å². The van der Waals surface area contributed by atoms with Gasteiger partial charge in [0.15, 0.2) is 5.75 Å². The van der Waals surface area contributed by atoms with Crippen LogP contribution in [0.1, 0.15) is 18.1 Å². The summed E-state index contributed by atoms with van der Waals surface area (Å²) >= 11 is 12.3. The summed E-state index contributed by atoms with van der Waals surface area (Å²) in [7, 11) is 0. The monoisotopic (exact) mass is 327 g/mol. The van der Waals surface area contributed by atoms with E-state index in [1.807, 2.05) is 19.1 Å². The van der Waals surface area contributed by atoms with Crippen molar-refractivity contribution in [3.63, 3.8) is 0 Å². The van der Waals surface area contributed by atoms with Crippen molar-refractivity contribution < 1.29 is 9.13 Å². The van der Waals surface area contributed by atoms with Gasteiger partial charge < -0.3 is 10.1 Å². The van der Waals surface area contributed by atoms with Crippen LogP contribution in [0, 0.1) is 5.82 Å². The molecule has 0 fully saturated rings. The zero-order chi connectivity index (χ0) is 15.2. The first-order chi connectivity index (χ1) is 10.1. The van der Waals surface area contributed by atoms with E-state index in [2.05, 4.69) is 5.32 Å². The minimum Gasteiger partial charge on any atom is -0.491 e. The molecule has 2 aromatic rings. The van der Waals surface area contributed by atoms with Crippen molar-refractivity contribution in [3.05, 3.63) is 63.4 Å². The molecule has 5 heteroatoms. The largest absolute Gasteiger partial charge is 0.491 e. The van der Waals surface area contributed by atoms with E-state index in [0.29, 0.717) is 35.5 Å². The molecule has 0 aromatic heterocycles. The van der Waals surface area contributed by atoms with Gasteiger partial charge in [0.1, 0.15) is 5.82 Å². The van der Waals surface area contributed by atoms with Gasteiger partial charge in [-0.05, 0) is 42.3 Å². The molecule has 112 valence electrons. The summed E-state index contributed by atoms with van der Waals surface area (Å²) in [5.41, 5.74) is 1.98. The normalized spacial score (nSPS) is 10.7. The second-order valence-electron chi connectivity index (χ2n) is 4.55. The molecule has 2 aromatic carbocycles. The van der Waals surface area contributed by atoms with E-state index in [1.165, 1.54) is 12.1 Å². The molecule has 2 rings (SSSR count). The zero-order valence-corrected chi connectivity index (χ0v) is 13.1. The fraction of sp³-hybridized carbons (Fsp3) is 0.250. The van der Waals surface area contributed by atoms with Gasteiger partial charge in [0, 0.05) is 13.1 Å². The van der Waals surface area contributed by atoms with Gasteiger partial charge in [0.05, 0.1) is 16.7 Å². The Bertz CT molecular complexity index is 579. The predicted molar refractivity (Wildman–Crippen MR) is 84.6 cm³/mol. The average molecular weight is 328 g/mol. The standard InChI is InChI=1S/C16H16Cl2FNO/c1-2-21-16-14(17)7-12(8-15(16)18)10-20-9-11-3-5-13(19)6-4-11/h3-8,20H,2,9-10H2,1H3. The van der Waals surface area contributed by atoms with Crippen LogP contribution in [0.5, 0.6) is 5.75 Å². The Hall–Kier alpha value is -1.29. The molecule has 0 unspecified atom stereocenters. The second-order valence-corrected chi connectivity index (χ2v) is 5.37. The molecule has 0 bridgehead atoms. The van der Waals surface area contributed by atoms with Crippen molar-refractivity contribution in [3.8, 4) is 5.75 Å². The molecule has 0 radical (unpaired) electrons. The third-order valence-corrected chi connectivity index (χ3v) is 3.48. The molecule has 0 heterocycles. The maximum Gasteiger partial charge on any atom is 0.156 e. The van der Waals surface area contributed by atoms with Crippen molar-refractivity contribution in [1.29, 1.82) is 0 Å². The van der Waals surface area contributed by atoms with Gasteiger partial charge in [-0.25, -0.2) is 4.39 Å². The number of hydrogen-bond acceptors (Lipinski definition) is 2. The molecule has 1 N–H and O–H groups in total. The highest BCUT2D eigenvalue weighted by atomic mass is 35.5. The third kappa shape index (κ3) is 4.60. The first kappa shape index (κ1) is 16.1. The first-order valence-corrected chi connectivity index (χ1v) is 7.41. The van der Waals surface area contributed by atoms with Crippen molar-refractivity contribution in [1.82, 2.24) is 5.32 Å². The maximum atomic E-state index is 12.8. The molecule has 0 aliphatic rings. The summed E-state index contributed by atoms with van der Waals surface area (Å²) in [6.07, 6.45) is 0. The van der Waals surface area contributed by atoms with Crippen LogP contribution in [0.25, 0.3) is 0 Å². The van der Waals surface area contributed by atoms with E-state index in [1.54, 1.807) is 12.1 Å². The first-order valence-electron chi connectivity index (χ1n) is 6.66. The fourth-order valence-electron chi connectivity index (χ4n) is 1.95.